The molecule has 0 aliphatic carbocycles. The Labute approximate surface area is 136 Å². The van der Waals surface area contributed by atoms with Crippen LogP contribution in [0.25, 0.3) is 0 Å². The smallest absolute Gasteiger partial charge is 0.330 e. The number of carbonyl (C=O) groups is 1. The highest BCUT2D eigenvalue weighted by atomic mass is 16.7. The lowest BCUT2D eigenvalue weighted by molar-refractivity contribution is -0.135. The minimum absolute atomic E-state index is 0.125. The molecule has 4 heteroatoms. The molecule has 2 rings (SSSR count). The van der Waals surface area contributed by atoms with Crippen molar-refractivity contribution in [2.45, 2.75) is 12.7 Å². The number of ether oxygens (including phenoxy) is 3. The van der Waals surface area contributed by atoms with Gasteiger partial charge in [-0.05, 0) is 17.2 Å². The summed E-state index contributed by atoms with van der Waals surface area (Å²) in [6.45, 7) is 0.600. The van der Waals surface area contributed by atoms with Crippen LogP contribution in [0.5, 0.6) is 0 Å². The maximum Gasteiger partial charge on any atom is 0.330 e. The Morgan fingerprint density at radius 3 is 2.35 bits per heavy atom. The van der Waals surface area contributed by atoms with E-state index in [0.717, 1.165) is 11.1 Å². The number of rotatable bonds is 8. The SMILES string of the molecule is COC(=O)C=C[C@@H](OCOCc1ccccc1)c1ccccc1. The van der Waals surface area contributed by atoms with E-state index in [0.29, 0.717) is 6.61 Å². The van der Waals surface area contributed by atoms with Gasteiger partial charge in [-0.3, -0.25) is 0 Å². The zero-order valence-corrected chi connectivity index (χ0v) is 13.1. The summed E-state index contributed by atoms with van der Waals surface area (Å²) in [6.07, 6.45) is 2.65. The lowest BCUT2D eigenvalue weighted by atomic mass is 10.1. The molecule has 120 valence electrons. The number of hydrogen-bond donors (Lipinski definition) is 0. The van der Waals surface area contributed by atoms with E-state index in [4.69, 9.17) is 9.47 Å². The van der Waals surface area contributed by atoms with Gasteiger partial charge in [-0.15, -0.1) is 0 Å². The van der Waals surface area contributed by atoms with Gasteiger partial charge in [-0.1, -0.05) is 60.7 Å². The van der Waals surface area contributed by atoms with Crippen molar-refractivity contribution in [1.29, 1.82) is 0 Å². The molecule has 1 atom stereocenters. The lowest BCUT2D eigenvalue weighted by Gasteiger charge is -2.15. The minimum atomic E-state index is -0.417. The zero-order chi connectivity index (χ0) is 16.3. The third-order valence-electron chi connectivity index (χ3n) is 3.18. The molecule has 0 spiro atoms. The Morgan fingerprint density at radius 2 is 1.70 bits per heavy atom. The van der Waals surface area contributed by atoms with Crippen LogP contribution in [0.3, 0.4) is 0 Å². The number of carbonyl (C=O) groups excluding carboxylic acids is 1. The van der Waals surface area contributed by atoms with Crippen LogP contribution in [0.4, 0.5) is 0 Å². The first-order valence-corrected chi connectivity index (χ1v) is 7.34. The Balaban J connectivity index is 1.90. The summed E-state index contributed by atoms with van der Waals surface area (Å²) in [4.78, 5) is 11.3. The molecule has 0 aromatic heterocycles. The fourth-order valence-corrected chi connectivity index (χ4v) is 1.99. The van der Waals surface area contributed by atoms with Crippen LogP contribution in [0.1, 0.15) is 17.2 Å². The van der Waals surface area contributed by atoms with Crippen molar-refractivity contribution in [3.8, 4) is 0 Å². The number of benzene rings is 2. The van der Waals surface area contributed by atoms with Crippen molar-refractivity contribution in [3.05, 3.63) is 83.9 Å². The highest BCUT2D eigenvalue weighted by Crippen LogP contribution is 2.19. The molecule has 0 bridgehead atoms. The Bertz CT molecular complexity index is 608. The molecule has 0 aliphatic heterocycles. The fraction of sp³-hybridized carbons (Fsp3) is 0.211. The monoisotopic (exact) mass is 312 g/mol. The molecule has 2 aromatic rings. The molecule has 0 saturated carbocycles. The van der Waals surface area contributed by atoms with Gasteiger partial charge in [-0.25, -0.2) is 4.79 Å². The average Bonchev–Trinajstić information content (AvgIpc) is 2.62. The second-order valence-electron chi connectivity index (χ2n) is 4.83. The summed E-state index contributed by atoms with van der Waals surface area (Å²) in [7, 11) is 1.34. The van der Waals surface area contributed by atoms with Gasteiger partial charge >= 0.3 is 5.97 Å². The van der Waals surface area contributed by atoms with Crippen molar-refractivity contribution < 1.29 is 19.0 Å². The predicted molar refractivity (Wildman–Crippen MR) is 87.5 cm³/mol. The van der Waals surface area contributed by atoms with Crippen LogP contribution in [0.2, 0.25) is 0 Å². The molecule has 0 heterocycles. The number of esters is 1. The van der Waals surface area contributed by atoms with Gasteiger partial charge in [0.2, 0.25) is 0 Å². The summed E-state index contributed by atoms with van der Waals surface area (Å²) in [5, 5.41) is 0. The van der Waals surface area contributed by atoms with Gasteiger partial charge in [0.1, 0.15) is 12.9 Å². The first-order chi connectivity index (χ1) is 11.3. The van der Waals surface area contributed by atoms with E-state index in [-0.39, 0.29) is 12.9 Å². The van der Waals surface area contributed by atoms with Gasteiger partial charge in [0, 0.05) is 6.08 Å². The third-order valence-corrected chi connectivity index (χ3v) is 3.18. The maximum absolute atomic E-state index is 11.3. The van der Waals surface area contributed by atoms with Gasteiger partial charge in [0.05, 0.1) is 13.7 Å². The van der Waals surface area contributed by atoms with Crippen molar-refractivity contribution >= 4 is 5.97 Å². The summed E-state index contributed by atoms with van der Waals surface area (Å²) in [5.41, 5.74) is 2.02. The van der Waals surface area contributed by atoms with Crippen LogP contribution in [0, 0.1) is 0 Å². The molecular weight excluding hydrogens is 292 g/mol. The van der Waals surface area contributed by atoms with Crippen molar-refractivity contribution in [2.24, 2.45) is 0 Å². The first-order valence-electron chi connectivity index (χ1n) is 7.34. The molecule has 0 radical (unpaired) electrons. The highest BCUT2D eigenvalue weighted by molar-refractivity contribution is 5.81. The summed E-state index contributed by atoms with van der Waals surface area (Å²) < 4.78 is 15.9. The van der Waals surface area contributed by atoms with Crippen LogP contribution < -0.4 is 0 Å². The largest absolute Gasteiger partial charge is 0.466 e. The second kappa shape index (κ2) is 9.56. The molecule has 0 fully saturated rings. The molecule has 0 saturated heterocycles. The van der Waals surface area contributed by atoms with Gasteiger partial charge in [-0.2, -0.15) is 0 Å². The third kappa shape index (κ3) is 6.06. The molecule has 0 N–H and O–H groups in total. The normalized spacial score (nSPS) is 12.2. The average molecular weight is 312 g/mol. The van der Waals surface area contributed by atoms with E-state index in [1.165, 1.54) is 13.2 Å². The van der Waals surface area contributed by atoms with E-state index in [9.17, 15) is 4.79 Å². The first kappa shape index (κ1) is 16.9. The van der Waals surface area contributed by atoms with Crippen LogP contribution in [-0.4, -0.2) is 19.9 Å². The van der Waals surface area contributed by atoms with Gasteiger partial charge < -0.3 is 14.2 Å². The van der Waals surface area contributed by atoms with E-state index < -0.39 is 5.97 Å². The molecule has 23 heavy (non-hydrogen) atoms. The van der Waals surface area contributed by atoms with Gasteiger partial charge in [0.15, 0.2) is 0 Å². The molecule has 0 unspecified atom stereocenters. The summed E-state index contributed by atoms with van der Waals surface area (Å²) >= 11 is 0. The Hall–Kier alpha value is -2.43. The van der Waals surface area contributed by atoms with Crippen molar-refractivity contribution in [3.63, 3.8) is 0 Å². The standard InChI is InChI=1S/C19H20O4/c1-21-19(20)13-12-18(17-10-6-3-7-11-17)23-15-22-14-16-8-4-2-5-9-16/h2-13,18H,14-15H2,1H3/t18-/m1/s1. The van der Waals surface area contributed by atoms with Crippen LogP contribution in [-0.2, 0) is 25.6 Å². The minimum Gasteiger partial charge on any atom is -0.466 e. The van der Waals surface area contributed by atoms with Crippen molar-refractivity contribution in [2.75, 3.05) is 13.9 Å². The molecule has 0 aliphatic rings. The number of methoxy groups -OCH3 is 1. The lowest BCUT2D eigenvalue weighted by Crippen LogP contribution is -2.07. The maximum atomic E-state index is 11.3. The summed E-state index contributed by atoms with van der Waals surface area (Å²) in [6, 6.07) is 19.5. The molecule has 0 amide bonds. The van der Waals surface area contributed by atoms with E-state index in [1.807, 2.05) is 60.7 Å². The molecule has 2 aromatic carbocycles. The zero-order valence-electron chi connectivity index (χ0n) is 13.1. The topological polar surface area (TPSA) is 44.8 Å². The second-order valence-corrected chi connectivity index (χ2v) is 4.83. The number of hydrogen-bond acceptors (Lipinski definition) is 4. The predicted octanol–water partition coefficient (Wildman–Crippen LogP) is 3.65. The molecular formula is C19H20O4. The summed E-state index contributed by atoms with van der Waals surface area (Å²) in [5.74, 6) is -0.417. The van der Waals surface area contributed by atoms with Crippen LogP contribution >= 0.6 is 0 Å². The Kier molecular flexibility index (Phi) is 7.04. The fourth-order valence-electron chi connectivity index (χ4n) is 1.99. The quantitative estimate of drug-likeness (QED) is 0.323. The van der Waals surface area contributed by atoms with E-state index in [1.54, 1.807) is 6.08 Å². The van der Waals surface area contributed by atoms with E-state index >= 15 is 0 Å². The molecule has 4 nitrogen and oxygen atoms in total. The highest BCUT2D eigenvalue weighted by Gasteiger charge is 2.09. The van der Waals surface area contributed by atoms with Gasteiger partial charge in [0.25, 0.3) is 0 Å². The van der Waals surface area contributed by atoms with Crippen molar-refractivity contribution in [1.82, 2.24) is 0 Å². The van der Waals surface area contributed by atoms with Crippen LogP contribution in [0.15, 0.2) is 72.8 Å². The van der Waals surface area contributed by atoms with E-state index in [2.05, 4.69) is 4.74 Å². The Morgan fingerprint density at radius 1 is 1.04 bits per heavy atom.